The lowest BCUT2D eigenvalue weighted by atomic mass is 9.73. The van der Waals surface area contributed by atoms with Crippen molar-refractivity contribution in [1.82, 2.24) is 19.4 Å². The number of hydrogen-bond donors (Lipinski definition) is 6. The second-order valence-electron chi connectivity index (χ2n) is 26.7. The van der Waals surface area contributed by atoms with Gasteiger partial charge in [-0.1, -0.05) is 69.2 Å². The Balaban J connectivity index is 0.000000296. The zero-order valence-corrected chi connectivity index (χ0v) is 56.9. The van der Waals surface area contributed by atoms with Crippen LogP contribution in [-0.4, -0.2) is 222 Å². The molecule has 22 nitrogen and oxygen atoms in total. The molecule has 0 aliphatic carbocycles. The summed E-state index contributed by atoms with van der Waals surface area (Å²) in [6, 6.07) is 23.3. The summed E-state index contributed by atoms with van der Waals surface area (Å²) < 4.78 is 69.0. The summed E-state index contributed by atoms with van der Waals surface area (Å²) in [5.74, 6) is -2.56. The Hall–Kier alpha value is -4.96. The van der Waals surface area contributed by atoms with Gasteiger partial charge in [0.2, 0.25) is 12.7 Å². The van der Waals surface area contributed by atoms with E-state index in [9.17, 15) is 34.7 Å². The van der Waals surface area contributed by atoms with E-state index in [1.54, 1.807) is 62.7 Å². The number of aliphatic hydroxyl groups is 5. The molecule has 0 amide bonds. The van der Waals surface area contributed by atoms with E-state index in [1.165, 1.54) is 31.7 Å². The number of cyclic esters (lactones) is 1. The minimum Gasteiger partial charge on any atom is -0.497 e. The molecule has 0 radical (unpaired) electrons. The van der Waals surface area contributed by atoms with Crippen molar-refractivity contribution in [1.29, 1.82) is 0 Å². The average Bonchev–Trinajstić information content (AvgIpc) is 0.814. The van der Waals surface area contributed by atoms with E-state index in [1.807, 2.05) is 75.3 Å². The Kier molecular flexibility index (Phi) is 27.2. The number of para-hydroxylation sites is 2. The highest BCUT2D eigenvalue weighted by molar-refractivity contribution is 5.89. The minimum absolute atomic E-state index is 0.0307. The molecule has 6 N–H and O–H groups in total. The summed E-state index contributed by atoms with van der Waals surface area (Å²) in [5.41, 5.74) is -0.0288. The predicted octanol–water partition coefficient (Wildman–Crippen LogP) is 7.56. The first-order valence-electron chi connectivity index (χ1n) is 32.8. The van der Waals surface area contributed by atoms with Crippen LogP contribution in [0.25, 0.3) is 11.0 Å². The van der Waals surface area contributed by atoms with Gasteiger partial charge in [0.25, 0.3) is 0 Å². The molecule has 18 atom stereocenters. The number of piperidine rings is 1. The molecule has 3 aromatic carbocycles. The molecule has 4 fully saturated rings. The van der Waals surface area contributed by atoms with Gasteiger partial charge in [0, 0.05) is 70.1 Å². The molecule has 0 saturated carbocycles. The number of fused-ring (bicyclic) bond motifs is 1. The highest BCUT2D eigenvalue weighted by atomic mass is 19.1. The number of anilines is 1. The first-order valence-corrected chi connectivity index (χ1v) is 32.8. The van der Waals surface area contributed by atoms with Crippen molar-refractivity contribution in [2.24, 2.45) is 28.8 Å². The Morgan fingerprint density at radius 1 is 0.837 bits per heavy atom. The lowest BCUT2D eigenvalue weighted by molar-refractivity contribution is -0.317. The second kappa shape index (κ2) is 33.6. The first-order chi connectivity index (χ1) is 43.6. The molecule has 23 heteroatoms. The number of halogens is 1. The summed E-state index contributed by atoms with van der Waals surface area (Å²) in [7, 11) is 8.46. The van der Waals surface area contributed by atoms with Crippen LogP contribution in [0.5, 0.6) is 5.75 Å². The number of oxime groups is 1. The Morgan fingerprint density at radius 3 is 2.15 bits per heavy atom. The number of aliphatic hydroxyl groups excluding tert-OH is 3. The maximum absolute atomic E-state index is 14.3. The van der Waals surface area contributed by atoms with Gasteiger partial charge in [0.05, 0.1) is 91.3 Å². The fourth-order valence-corrected chi connectivity index (χ4v) is 13.6. The molecule has 0 unspecified atom stereocenters. The molecule has 4 aliphatic heterocycles. The van der Waals surface area contributed by atoms with Crippen LogP contribution in [0, 0.1) is 29.5 Å². The summed E-state index contributed by atoms with van der Waals surface area (Å²) in [4.78, 5) is 29.2. The van der Waals surface area contributed by atoms with E-state index in [0.717, 1.165) is 67.2 Å². The topological polar surface area (TPSA) is 259 Å². The van der Waals surface area contributed by atoms with Gasteiger partial charge in [0.15, 0.2) is 12.6 Å². The number of carbonyl (C=O) groups excluding carboxylic acids is 1. The van der Waals surface area contributed by atoms with Gasteiger partial charge in [0.1, 0.15) is 35.5 Å². The minimum atomic E-state index is -1.97. The molecule has 5 heterocycles. The van der Waals surface area contributed by atoms with Crippen LogP contribution in [0.4, 0.5) is 10.3 Å². The fraction of sp³-hybridized carbons (Fsp3) is 0.696. The summed E-state index contributed by atoms with van der Waals surface area (Å²) in [5, 5.41) is 67.3. The zero-order valence-electron chi connectivity index (χ0n) is 56.9. The number of rotatable bonds is 21. The van der Waals surface area contributed by atoms with Crippen molar-refractivity contribution in [3.8, 4) is 5.75 Å². The monoisotopic (exact) mass is 1290 g/mol. The summed E-state index contributed by atoms with van der Waals surface area (Å²) in [6.45, 7) is 21.2. The van der Waals surface area contributed by atoms with Crippen LogP contribution in [-0.2, 0) is 60.5 Å². The number of carbonyl (C=O) groups is 1. The molecule has 4 aromatic rings. The maximum atomic E-state index is 14.3. The van der Waals surface area contributed by atoms with Crippen LogP contribution in [0.3, 0.4) is 0 Å². The number of imidazole rings is 1. The van der Waals surface area contributed by atoms with Gasteiger partial charge >= 0.3 is 5.97 Å². The van der Waals surface area contributed by atoms with Gasteiger partial charge in [-0.05, 0) is 142 Å². The number of nitrogens with zero attached hydrogens (tertiary/aromatic N) is 5. The number of aromatic nitrogens is 2. The molecular formula is C69H107FN6O16. The lowest BCUT2D eigenvalue weighted by Gasteiger charge is -2.49. The molecule has 92 heavy (non-hydrogen) atoms. The predicted molar refractivity (Wildman–Crippen MR) is 347 cm³/mol. The van der Waals surface area contributed by atoms with Crippen molar-refractivity contribution in [2.45, 2.75) is 211 Å². The van der Waals surface area contributed by atoms with Crippen LogP contribution in [0.2, 0.25) is 0 Å². The molecule has 1 aromatic heterocycles. The van der Waals surface area contributed by atoms with Gasteiger partial charge < -0.3 is 92.7 Å². The smallest absolute Gasteiger partial charge is 0.311 e. The van der Waals surface area contributed by atoms with Crippen molar-refractivity contribution in [3.63, 3.8) is 0 Å². The van der Waals surface area contributed by atoms with Crippen molar-refractivity contribution in [3.05, 3.63) is 89.7 Å². The zero-order chi connectivity index (χ0) is 67.2. The number of likely N-dealkylation sites (N-methyl/N-ethyl adjacent to an activating group) is 1. The summed E-state index contributed by atoms with van der Waals surface area (Å²) in [6.07, 6.45) is -6.27. The number of benzene rings is 3. The van der Waals surface area contributed by atoms with E-state index in [-0.39, 0.29) is 50.6 Å². The Morgan fingerprint density at radius 2 is 1.51 bits per heavy atom. The van der Waals surface area contributed by atoms with Crippen LogP contribution in [0.15, 0.2) is 78.0 Å². The van der Waals surface area contributed by atoms with E-state index < -0.39 is 102 Å². The highest BCUT2D eigenvalue weighted by Crippen LogP contribution is 2.41. The second-order valence-corrected chi connectivity index (χ2v) is 26.7. The van der Waals surface area contributed by atoms with E-state index >= 15 is 0 Å². The summed E-state index contributed by atoms with van der Waals surface area (Å²) >= 11 is 0. The Bertz CT molecular complexity index is 2910. The van der Waals surface area contributed by atoms with Crippen LogP contribution >= 0.6 is 0 Å². The van der Waals surface area contributed by atoms with E-state index in [0.29, 0.717) is 31.3 Å². The standard InChI is InChI=1S/C41H76N2O15.C28H31FN4O/c1-15-29-41(10,49)34(45)24(4)31(42-53-21-52-17-16-50-13)22(2)19-39(8,48)36(58-38-32(44)28(43(11)12)18-23(3)54-38)25(5)33(26(6)37(47)56-29)57-30-20-40(9,51-14)35(46)27(7)55-30;1-34-25-12-8-21(9-13-25)14-17-32-18-15-24(16-19-32)30-28-31-26-4-2-3-5-27(26)33(28)20-22-6-10-23(29)11-7-22/h22-30,32-36,38,44-46,48-49H,15-21H2,1-14H3;2-13,24H,14-20H2,1H3,(H,30,31)/b42-31+;/t22-,23-,24+,25+,26-,27+,28+,29-,30+,32-,33+,34-,35+,36-,38+,39-,40-,41-;/m1./s1. The van der Waals surface area contributed by atoms with Crippen LogP contribution in [0.1, 0.15) is 119 Å². The van der Waals surface area contributed by atoms with Crippen LogP contribution < -0.4 is 10.1 Å². The molecule has 0 bridgehead atoms. The van der Waals surface area contributed by atoms with Gasteiger partial charge in [-0.2, -0.15) is 0 Å². The molecular weight excluding hydrogens is 1190 g/mol. The van der Waals surface area contributed by atoms with Crippen molar-refractivity contribution in [2.75, 3.05) is 80.4 Å². The fourth-order valence-electron chi connectivity index (χ4n) is 13.6. The highest BCUT2D eigenvalue weighted by Gasteiger charge is 2.53. The first kappa shape index (κ1) is 74.4. The van der Waals surface area contributed by atoms with Gasteiger partial charge in [-0.3, -0.25) is 4.79 Å². The largest absolute Gasteiger partial charge is 0.497 e. The third kappa shape index (κ3) is 18.9. The number of likely N-dealkylation sites (tertiary alicyclic amines) is 1. The number of nitrogens with one attached hydrogen (secondary N) is 1. The third-order valence-electron chi connectivity index (χ3n) is 19.3. The quantitative estimate of drug-likeness (QED) is 0.0203. The lowest BCUT2D eigenvalue weighted by Crippen LogP contribution is -2.61. The number of methoxy groups -OCH3 is 3. The number of hydrogen-bond acceptors (Lipinski definition) is 21. The average molecular weight is 1300 g/mol. The third-order valence-corrected chi connectivity index (χ3v) is 19.3. The van der Waals surface area contributed by atoms with Crippen molar-refractivity contribution < 1.29 is 82.2 Å². The van der Waals surface area contributed by atoms with E-state index in [4.69, 9.17) is 52.5 Å². The van der Waals surface area contributed by atoms with Gasteiger partial charge in [-0.15, -0.1) is 0 Å². The van der Waals surface area contributed by atoms with E-state index in [2.05, 4.69) is 38.1 Å². The maximum Gasteiger partial charge on any atom is 0.311 e. The van der Waals surface area contributed by atoms with Gasteiger partial charge in [-0.25, -0.2) is 9.37 Å². The number of ether oxygens (including phenoxy) is 9. The SMILES string of the molecule is CC[C@H]1OC(=O)[C@H](C)[C@@H](O[C@H]2C[C@@](C)(OC)[C@@H](O)[C@H](C)O2)[C@H](C)[C@@H](O[C@@H]2O[C@H](C)C[C@H](N(C)C)[C@H]2O)[C@](C)(O)C[C@@H](C)/C(=N\OCOCCOC)[C@H](C)[C@@H](O)[C@]1(C)O.COc1ccc(CCN2CCC(Nc3nc4ccccc4n3Cc3ccc(F)cc3)CC2)cc1. The molecule has 4 aliphatic rings. The number of esters is 1. The van der Waals surface area contributed by atoms with Crippen molar-refractivity contribution >= 4 is 28.7 Å². The Labute approximate surface area is 543 Å². The molecule has 4 saturated heterocycles. The molecule has 8 rings (SSSR count). The normalized spacial score (nSPS) is 34.4. The molecule has 516 valence electrons. The molecule has 0 spiro atoms.